The third kappa shape index (κ3) is 7.86. The van der Waals surface area contributed by atoms with Crippen molar-refractivity contribution in [2.24, 2.45) is 11.8 Å². The van der Waals surface area contributed by atoms with Crippen molar-refractivity contribution in [1.82, 2.24) is 0 Å². The Morgan fingerprint density at radius 1 is 0.744 bits per heavy atom. The summed E-state index contributed by atoms with van der Waals surface area (Å²) in [7, 11) is 0. The van der Waals surface area contributed by atoms with Crippen LogP contribution in [0.1, 0.15) is 131 Å². The van der Waals surface area contributed by atoms with Crippen LogP contribution in [0.15, 0.2) is 36.4 Å². The van der Waals surface area contributed by atoms with E-state index in [1.54, 1.807) is 0 Å². The lowest BCUT2D eigenvalue weighted by atomic mass is 9.76. The van der Waals surface area contributed by atoms with E-state index in [1.807, 2.05) is 12.1 Å². The number of alkyl halides is 2. The van der Waals surface area contributed by atoms with Crippen molar-refractivity contribution in [1.29, 1.82) is 0 Å². The van der Waals surface area contributed by atoms with Crippen molar-refractivity contribution in [3.05, 3.63) is 70.3 Å². The average molecular weight is 547 g/mol. The maximum absolute atomic E-state index is 15.0. The molecule has 216 valence electrons. The van der Waals surface area contributed by atoms with E-state index < -0.39 is 23.3 Å². The minimum absolute atomic E-state index is 0.116. The highest BCUT2D eigenvalue weighted by atomic mass is 19.3. The average Bonchev–Trinajstić information content (AvgIpc) is 2.95. The van der Waals surface area contributed by atoms with E-state index in [9.17, 15) is 17.6 Å². The summed E-state index contributed by atoms with van der Waals surface area (Å²) in [5.74, 6) is -0.693. The predicted octanol–water partition coefficient (Wildman–Crippen LogP) is 10.8. The zero-order valence-electron chi connectivity index (χ0n) is 23.8. The van der Waals surface area contributed by atoms with Gasteiger partial charge in [-0.25, -0.2) is 8.78 Å². The summed E-state index contributed by atoms with van der Waals surface area (Å²) in [4.78, 5) is 0. The zero-order valence-corrected chi connectivity index (χ0v) is 23.8. The van der Waals surface area contributed by atoms with E-state index in [2.05, 4.69) is 26.0 Å². The molecule has 0 bridgehead atoms. The highest BCUT2D eigenvalue weighted by Crippen LogP contribution is 2.41. The van der Waals surface area contributed by atoms with Crippen molar-refractivity contribution in [2.45, 2.75) is 122 Å². The predicted molar refractivity (Wildman–Crippen MR) is 150 cm³/mol. The van der Waals surface area contributed by atoms with Gasteiger partial charge in [-0.2, -0.15) is 8.78 Å². The topological polar surface area (TPSA) is 9.23 Å². The molecule has 0 saturated heterocycles. The monoisotopic (exact) mass is 546 g/mol. The van der Waals surface area contributed by atoms with Gasteiger partial charge in [0, 0.05) is 0 Å². The fourth-order valence-corrected chi connectivity index (χ4v) is 6.78. The van der Waals surface area contributed by atoms with Crippen molar-refractivity contribution >= 4 is 0 Å². The van der Waals surface area contributed by atoms with Crippen LogP contribution in [-0.4, -0.2) is 6.61 Å². The Morgan fingerprint density at radius 2 is 1.38 bits per heavy atom. The lowest BCUT2D eigenvalue weighted by Crippen LogP contribution is -2.23. The summed E-state index contributed by atoms with van der Waals surface area (Å²) in [6, 6.07) is 10.5. The molecule has 1 nitrogen and oxygen atoms in total. The zero-order chi connectivity index (χ0) is 27.8. The molecule has 0 aromatic heterocycles. The molecular formula is C34H46F4O. The molecule has 2 aliphatic rings. The number of hydrogen-bond donors (Lipinski definition) is 0. The smallest absolute Gasteiger partial charge is 0.316 e. The molecule has 5 heteroatoms. The van der Waals surface area contributed by atoms with Gasteiger partial charge in [-0.15, -0.1) is 0 Å². The molecule has 4 rings (SSSR count). The Hall–Kier alpha value is -1.88. The molecular weight excluding hydrogens is 500 g/mol. The van der Waals surface area contributed by atoms with Gasteiger partial charge in [0.1, 0.15) is 0 Å². The van der Waals surface area contributed by atoms with Gasteiger partial charge in [0.05, 0.1) is 12.2 Å². The van der Waals surface area contributed by atoms with Crippen LogP contribution in [0.4, 0.5) is 17.6 Å². The van der Waals surface area contributed by atoms with Gasteiger partial charge in [0.2, 0.25) is 0 Å². The number of halogens is 4. The first-order chi connectivity index (χ1) is 18.8. The number of hydrogen-bond acceptors (Lipinski definition) is 1. The third-order valence-electron chi connectivity index (χ3n) is 9.48. The molecule has 0 amide bonds. The van der Waals surface area contributed by atoms with Gasteiger partial charge in [-0.1, -0.05) is 76.3 Å². The van der Waals surface area contributed by atoms with Gasteiger partial charge >= 0.3 is 6.11 Å². The van der Waals surface area contributed by atoms with Gasteiger partial charge < -0.3 is 4.74 Å². The standard InChI is InChI=1S/C34H46F4O/c1-3-5-6-7-25-12-18-29(19-13-25)30-20-21-31(33(36)32(30)35)34(37,38)39-23-22-26-10-16-28(17-11-26)27-14-8-24(4-2)9-15-27/h10-11,16-17,20-21,24-25,27,29H,3-9,12-15,18-19,22-23H2,1-2H3/t24-,25-,27-,29-. The Balaban J connectivity index is 1.29. The first-order valence-corrected chi connectivity index (χ1v) is 15.4. The van der Waals surface area contributed by atoms with Gasteiger partial charge in [-0.3, -0.25) is 0 Å². The molecule has 0 heterocycles. The van der Waals surface area contributed by atoms with Crippen LogP contribution in [0.25, 0.3) is 0 Å². The second-order valence-electron chi connectivity index (χ2n) is 12.0. The minimum atomic E-state index is -3.89. The Labute approximate surface area is 232 Å². The van der Waals surface area contributed by atoms with Crippen molar-refractivity contribution in [3.8, 4) is 0 Å². The lowest BCUT2D eigenvalue weighted by Gasteiger charge is -2.29. The molecule has 2 fully saturated rings. The number of rotatable bonds is 12. The lowest BCUT2D eigenvalue weighted by molar-refractivity contribution is -0.249. The molecule has 2 aliphatic carbocycles. The first-order valence-electron chi connectivity index (χ1n) is 15.4. The fraction of sp³-hybridized carbons (Fsp3) is 0.647. The summed E-state index contributed by atoms with van der Waals surface area (Å²) in [6.45, 7) is 4.16. The molecule has 39 heavy (non-hydrogen) atoms. The quantitative estimate of drug-likeness (QED) is 0.190. The normalized spacial score (nSPS) is 24.2. The van der Waals surface area contributed by atoms with Crippen molar-refractivity contribution < 1.29 is 22.3 Å². The van der Waals surface area contributed by atoms with Crippen molar-refractivity contribution in [3.63, 3.8) is 0 Å². The number of benzene rings is 2. The summed E-state index contributed by atoms with van der Waals surface area (Å²) >= 11 is 0. The molecule has 2 aromatic carbocycles. The summed E-state index contributed by atoms with van der Waals surface area (Å²) in [6.07, 6.45) is 10.9. The van der Waals surface area contributed by atoms with Crippen LogP contribution >= 0.6 is 0 Å². The second-order valence-corrected chi connectivity index (χ2v) is 12.0. The minimum Gasteiger partial charge on any atom is -0.316 e. The Kier molecular flexibility index (Phi) is 10.9. The Morgan fingerprint density at radius 3 is 2.03 bits per heavy atom. The maximum atomic E-state index is 15.0. The Bertz CT molecular complexity index is 1020. The second kappa shape index (κ2) is 14.1. The van der Waals surface area contributed by atoms with Crippen LogP contribution in [0.3, 0.4) is 0 Å². The third-order valence-corrected chi connectivity index (χ3v) is 9.48. The van der Waals surface area contributed by atoms with Crippen LogP contribution in [0.5, 0.6) is 0 Å². The van der Waals surface area contributed by atoms with Crippen LogP contribution in [0.2, 0.25) is 0 Å². The van der Waals surface area contributed by atoms with Crippen molar-refractivity contribution in [2.75, 3.05) is 6.61 Å². The SMILES string of the molecule is CCCCC[C@H]1CC[C@H](c2ccc(C(F)(F)OCCc3ccc([C@H]4CC[C@H](CC)CC4)cc3)c(F)c2F)CC1. The molecule has 2 aromatic rings. The summed E-state index contributed by atoms with van der Waals surface area (Å²) in [5.41, 5.74) is 1.41. The van der Waals surface area contributed by atoms with Crippen LogP contribution in [0, 0.1) is 23.5 Å². The summed E-state index contributed by atoms with van der Waals surface area (Å²) < 4.78 is 64.3. The molecule has 0 spiro atoms. The molecule has 0 aliphatic heterocycles. The van der Waals surface area contributed by atoms with Gasteiger partial charge in [-0.05, 0) is 104 Å². The largest absolute Gasteiger partial charge is 0.386 e. The van der Waals surface area contributed by atoms with E-state index in [0.717, 1.165) is 43.2 Å². The first kappa shape index (κ1) is 30.1. The van der Waals surface area contributed by atoms with E-state index in [-0.39, 0.29) is 24.5 Å². The van der Waals surface area contributed by atoms with Gasteiger partial charge in [0.15, 0.2) is 11.6 Å². The van der Waals surface area contributed by atoms with E-state index >= 15 is 0 Å². The maximum Gasteiger partial charge on any atom is 0.386 e. The van der Waals surface area contributed by atoms with Gasteiger partial charge in [0.25, 0.3) is 0 Å². The fourth-order valence-electron chi connectivity index (χ4n) is 6.78. The van der Waals surface area contributed by atoms with E-state index in [1.165, 1.54) is 69.4 Å². The number of unbranched alkanes of at least 4 members (excludes halogenated alkanes) is 2. The highest BCUT2D eigenvalue weighted by Gasteiger charge is 2.38. The number of ether oxygens (including phenoxy) is 1. The molecule has 0 N–H and O–H groups in total. The van der Waals surface area contributed by atoms with Crippen LogP contribution in [-0.2, 0) is 17.3 Å². The molecule has 0 radical (unpaired) electrons. The molecule has 0 unspecified atom stereocenters. The molecule has 0 atom stereocenters. The molecule has 2 saturated carbocycles. The highest BCUT2D eigenvalue weighted by molar-refractivity contribution is 5.31. The van der Waals surface area contributed by atoms with E-state index in [4.69, 9.17) is 4.74 Å². The van der Waals surface area contributed by atoms with Crippen LogP contribution < -0.4 is 0 Å². The van der Waals surface area contributed by atoms with E-state index in [0.29, 0.717) is 11.8 Å². The summed E-state index contributed by atoms with van der Waals surface area (Å²) in [5, 5.41) is 0.